The minimum atomic E-state index is 0.300. The molecule has 0 fully saturated rings. The molecule has 1 rings (SSSR count). The molecule has 0 saturated carbocycles. The van der Waals surface area contributed by atoms with Crippen LogP contribution in [0.2, 0.25) is 0 Å². The lowest BCUT2D eigenvalue weighted by Crippen LogP contribution is -2.28. The van der Waals surface area contributed by atoms with Gasteiger partial charge in [0.1, 0.15) is 5.76 Å². The molecule has 1 N–H and O–H groups in total. The summed E-state index contributed by atoms with van der Waals surface area (Å²) in [6.07, 6.45) is 1.71. The average Bonchev–Trinajstić information content (AvgIpc) is 2.50. The Morgan fingerprint density at radius 3 is 2.62 bits per heavy atom. The van der Waals surface area contributed by atoms with Gasteiger partial charge in [0, 0.05) is 6.54 Å². The fourth-order valence-corrected chi connectivity index (χ4v) is 1.10. The van der Waals surface area contributed by atoms with Crippen molar-refractivity contribution in [1.82, 2.24) is 5.32 Å². The third-order valence-corrected chi connectivity index (χ3v) is 1.91. The lowest BCUT2D eigenvalue weighted by Gasteiger charge is -2.21. The van der Waals surface area contributed by atoms with Crippen LogP contribution in [-0.4, -0.2) is 6.54 Å². The van der Waals surface area contributed by atoms with E-state index in [2.05, 4.69) is 33.0 Å². The van der Waals surface area contributed by atoms with E-state index in [1.807, 2.05) is 12.1 Å². The van der Waals surface area contributed by atoms with Gasteiger partial charge in [-0.15, -0.1) is 0 Å². The monoisotopic (exact) mass is 181 g/mol. The summed E-state index contributed by atoms with van der Waals surface area (Å²) in [5.74, 6) is 1.00. The lowest BCUT2D eigenvalue weighted by molar-refractivity contribution is 0.338. The van der Waals surface area contributed by atoms with Crippen molar-refractivity contribution in [3.63, 3.8) is 0 Å². The highest BCUT2D eigenvalue weighted by atomic mass is 16.3. The summed E-state index contributed by atoms with van der Waals surface area (Å²) in [7, 11) is 0. The van der Waals surface area contributed by atoms with E-state index in [0.29, 0.717) is 11.5 Å². The van der Waals surface area contributed by atoms with Crippen molar-refractivity contribution in [2.45, 2.75) is 33.7 Å². The molecule has 0 aliphatic rings. The fourth-order valence-electron chi connectivity index (χ4n) is 1.10. The van der Waals surface area contributed by atoms with E-state index < -0.39 is 0 Å². The zero-order valence-electron chi connectivity index (χ0n) is 8.92. The molecule has 0 spiro atoms. The molecule has 1 atom stereocenters. The molecule has 0 amide bonds. The van der Waals surface area contributed by atoms with E-state index in [1.165, 1.54) is 0 Å². The predicted octanol–water partition coefficient (Wildman–Crippen LogP) is 2.98. The number of hydrogen-bond donors (Lipinski definition) is 1. The van der Waals surface area contributed by atoms with Gasteiger partial charge in [-0.05, 0) is 24.5 Å². The van der Waals surface area contributed by atoms with Gasteiger partial charge < -0.3 is 9.73 Å². The molecule has 2 nitrogen and oxygen atoms in total. The molecule has 0 aliphatic carbocycles. The molecule has 2 heteroatoms. The maximum atomic E-state index is 5.30. The summed E-state index contributed by atoms with van der Waals surface area (Å²) >= 11 is 0. The predicted molar refractivity (Wildman–Crippen MR) is 54.6 cm³/mol. The van der Waals surface area contributed by atoms with Crippen LogP contribution in [0.25, 0.3) is 0 Å². The largest absolute Gasteiger partial charge is 0.468 e. The Labute approximate surface area is 80.3 Å². The van der Waals surface area contributed by atoms with Gasteiger partial charge in [-0.2, -0.15) is 0 Å². The fraction of sp³-hybridized carbons (Fsp3) is 0.636. The van der Waals surface area contributed by atoms with E-state index in [1.54, 1.807) is 6.26 Å². The van der Waals surface area contributed by atoms with Crippen LogP contribution < -0.4 is 5.32 Å². The van der Waals surface area contributed by atoms with Gasteiger partial charge in [0.25, 0.3) is 0 Å². The Morgan fingerprint density at radius 1 is 1.46 bits per heavy atom. The van der Waals surface area contributed by atoms with E-state index in [0.717, 1.165) is 12.3 Å². The smallest absolute Gasteiger partial charge is 0.120 e. The maximum Gasteiger partial charge on any atom is 0.120 e. The number of furan rings is 1. The summed E-state index contributed by atoms with van der Waals surface area (Å²) in [4.78, 5) is 0. The summed E-state index contributed by atoms with van der Waals surface area (Å²) in [5, 5.41) is 3.43. The van der Waals surface area contributed by atoms with Crippen molar-refractivity contribution in [3.8, 4) is 0 Å². The van der Waals surface area contributed by atoms with Crippen LogP contribution in [0, 0.1) is 5.41 Å². The van der Waals surface area contributed by atoms with E-state index in [-0.39, 0.29) is 0 Å². The van der Waals surface area contributed by atoms with Gasteiger partial charge in [0.05, 0.1) is 12.3 Å². The Bertz CT molecular complexity index is 233. The normalized spacial score (nSPS) is 14.5. The molecule has 13 heavy (non-hydrogen) atoms. The number of nitrogens with one attached hydrogen (secondary N) is 1. The number of rotatable bonds is 3. The van der Waals surface area contributed by atoms with Crippen LogP contribution in [0.15, 0.2) is 22.8 Å². The average molecular weight is 181 g/mol. The van der Waals surface area contributed by atoms with Crippen molar-refractivity contribution in [2.75, 3.05) is 6.54 Å². The molecule has 0 aromatic carbocycles. The molecule has 0 saturated heterocycles. The molecule has 0 aliphatic heterocycles. The molecule has 1 aromatic rings. The van der Waals surface area contributed by atoms with Crippen molar-refractivity contribution < 1.29 is 4.42 Å². The van der Waals surface area contributed by atoms with E-state index in [9.17, 15) is 0 Å². The maximum absolute atomic E-state index is 5.30. The van der Waals surface area contributed by atoms with Crippen molar-refractivity contribution in [3.05, 3.63) is 24.2 Å². The second-order valence-corrected chi connectivity index (χ2v) is 4.68. The molecule has 1 aromatic heterocycles. The SMILES string of the molecule is C[C@@H](NCC(C)(C)C)c1ccco1. The summed E-state index contributed by atoms with van der Waals surface area (Å²) in [6.45, 7) is 9.76. The molecular formula is C11H19NO. The molecule has 0 unspecified atom stereocenters. The van der Waals surface area contributed by atoms with Crippen LogP contribution in [-0.2, 0) is 0 Å². The van der Waals surface area contributed by atoms with E-state index in [4.69, 9.17) is 4.42 Å². The van der Waals surface area contributed by atoms with Crippen LogP contribution in [0.1, 0.15) is 39.5 Å². The van der Waals surface area contributed by atoms with Crippen molar-refractivity contribution in [2.24, 2.45) is 5.41 Å². The molecule has 74 valence electrons. The van der Waals surface area contributed by atoms with Gasteiger partial charge >= 0.3 is 0 Å². The van der Waals surface area contributed by atoms with Crippen LogP contribution >= 0.6 is 0 Å². The second-order valence-electron chi connectivity index (χ2n) is 4.68. The summed E-state index contributed by atoms with van der Waals surface area (Å²) in [6, 6.07) is 4.22. The van der Waals surface area contributed by atoms with Crippen LogP contribution in [0.5, 0.6) is 0 Å². The Hall–Kier alpha value is -0.760. The topological polar surface area (TPSA) is 25.2 Å². The van der Waals surface area contributed by atoms with Gasteiger partial charge in [-0.1, -0.05) is 20.8 Å². The van der Waals surface area contributed by atoms with Gasteiger partial charge in [0.2, 0.25) is 0 Å². The van der Waals surface area contributed by atoms with Gasteiger partial charge in [-0.25, -0.2) is 0 Å². The van der Waals surface area contributed by atoms with Crippen LogP contribution in [0.3, 0.4) is 0 Å². The first-order valence-electron chi connectivity index (χ1n) is 4.76. The zero-order valence-corrected chi connectivity index (χ0v) is 8.92. The summed E-state index contributed by atoms with van der Waals surface area (Å²) in [5.41, 5.74) is 0.320. The highest BCUT2D eigenvalue weighted by molar-refractivity contribution is 5.02. The lowest BCUT2D eigenvalue weighted by atomic mass is 9.96. The zero-order chi connectivity index (χ0) is 9.90. The Kier molecular flexibility index (Phi) is 3.15. The highest BCUT2D eigenvalue weighted by Gasteiger charge is 2.13. The quantitative estimate of drug-likeness (QED) is 0.775. The molecule has 0 radical (unpaired) electrons. The minimum Gasteiger partial charge on any atom is -0.468 e. The first kappa shape index (κ1) is 10.3. The second kappa shape index (κ2) is 3.97. The minimum absolute atomic E-state index is 0.300. The standard InChI is InChI=1S/C11H19NO/c1-9(10-6-5-7-13-10)12-8-11(2,3)4/h5-7,9,12H,8H2,1-4H3/t9-/m1/s1. The van der Waals surface area contributed by atoms with Gasteiger partial charge in [0.15, 0.2) is 0 Å². The summed E-state index contributed by atoms with van der Waals surface area (Å²) < 4.78 is 5.30. The Morgan fingerprint density at radius 2 is 2.15 bits per heavy atom. The molecule has 1 heterocycles. The Balaban J connectivity index is 2.39. The third-order valence-electron chi connectivity index (χ3n) is 1.91. The first-order chi connectivity index (χ1) is 5.99. The first-order valence-corrected chi connectivity index (χ1v) is 4.76. The van der Waals surface area contributed by atoms with Crippen LogP contribution in [0.4, 0.5) is 0 Å². The van der Waals surface area contributed by atoms with Gasteiger partial charge in [-0.3, -0.25) is 0 Å². The van der Waals surface area contributed by atoms with Crippen molar-refractivity contribution >= 4 is 0 Å². The molecule has 0 bridgehead atoms. The highest BCUT2D eigenvalue weighted by Crippen LogP contribution is 2.16. The molecular weight excluding hydrogens is 162 g/mol. The third kappa shape index (κ3) is 3.64. The van der Waals surface area contributed by atoms with Crippen molar-refractivity contribution in [1.29, 1.82) is 0 Å². The number of hydrogen-bond acceptors (Lipinski definition) is 2. The van der Waals surface area contributed by atoms with E-state index >= 15 is 0 Å².